The van der Waals surface area contributed by atoms with E-state index < -0.39 is 0 Å². The Balaban J connectivity index is 1.19. The number of anilines is 5. The Bertz CT molecular complexity index is 1870. The number of benzene rings is 6. The molecule has 0 saturated heterocycles. The fourth-order valence-corrected chi connectivity index (χ4v) is 6.08. The molecular weight excluding hydrogens is 607 g/mol. The Morgan fingerprint density at radius 2 is 0.880 bits per heavy atom. The van der Waals surface area contributed by atoms with E-state index >= 15 is 0 Å². The molecule has 0 saturated carbocycles. The minimum atomic E-state index is 1.02. The fourth-order valence-electron chi connectivity index (χ4n) is 6.08. The minimum absolute atomic E-state index is 1.02. The highest BCUT2D eigenvalue weighted by molar-refractivity contribution is 5.83. The Morgan fingerprint density at radius 3 is 1.36 bits per heavy atom. The Labute approximate surface area is 298 Å². The van der Waals surface area contributed by atoms with E-state index in [9.17, 15) is 0 Å². The number of aryl methyl sites for hydroxylation is 2. The van der Waals surface area contributed by atoms with Crippen molar-refractivity contribution in [3.63, 3.8) is 0 Å². The largest absolute Gasteiger partial charge is 0.310 e. The molecule has 3 heteroatoms. The normalized spacial score (nSPS) is 11.3. The lowest BCUT2D eigenvalue weighted by Crippen LogP contribution is -2.10. The van der Waals surface area contributed by atoms with Crippen molar-refractivity contribution in [2.24, 2.45) is 5.10 Å². The van der Waals surface area contributed by atoms with E-state index in [0.717, 1.165) is 46.6 Å². The summed E-state index contributed by atoms with van der Waals surface area (Å²) in [6.07, 6.45) is 13.3. The van der Waals surface area contributed by atoms with Crippen LogP contribution in [0.5, 0.6) is 0 Å². The number of para-hydroxylation sites is 2. The van der Waals surface area contributed by atoms with Gasteiger partial charge in [0.15, 0.2) is 0 Å². The van der Waals surface area contributed by atoms with Crippen LogP contribution in [0.15, 0.2) is 163 Å². The summed E-state index contributed by atoms with van der Waals surface area (Å²) in [5, 5.41) is 6.81. The first-order valence-electron chi connectivity index (χ1n) is 18.0. The first-order chi connectivity index (χ1) is 24.7. The van der Waals surface area contributed by atoms with Gasteiger partial charge in [0, 0.05) is 17.1 Å². The van der Waals surface area contributed by atoms with Crippen LogP contribution in [-0.4, -0.2) is 6.21 Å². The van der Waals surface area contributed by atoms with Gasteiger partial charge in [-0.1, -0.05) is 136 Å². The van der Waals surface area contributed by atoms with Gasteiger partial charge in [-0.15, -0.1) is 0 Å². The molecule has 6 aromatic rings. The number of nitrogens with zero attached hydrogens (tertiary/aromatic N) is 3. The third-order valence-corrected chi connectivity index (χ3v) is 8.86. The minimum Gasteiger partial charge on any atom is -0.310 e. The van der Waals surface area contributed by atoms with Gasteiger partial charge in [0.1, 0.15) is 0 Å². The Morgan fingerprint density at radius 1 is 0.440 bits per heavy atom. The Hall–Kier alpha value is -5.67. The van der Waals surface area contributed by atoms with Crippen molar-refractivity contribution in [2.75, 3.05) is 9.91 Å². The summed E-state index contributed by atoms with van der Waals surface area (Å²) in [4.78, 5) is 2.40. The van der Waals surface area contributed by atoms with Gasteiger partial charge >= 0.3 is 0 Å². The van der Waals surface area contributed by atoms with Crippen LogP contribution < -0.4 is 9.91 Å². The summed E-state index contributed by atoms with van der Waals surface area (Å²) in [6, 6.07) is 56.0. The summed E-state index contributed by atoms with van der Waals surface area (Å²) in [5.74, 6) is 0. The van der Waals surface area contributed by atoms with Gasteiger partial charge < -0.3 is 4.90 Å². The maximum atomic E-state index is 4.85. The Kier molecular flexibility index (Phi) is 12.1. The second-order valence-corrected chi connectivity index (χ2v) is 12.7. The van der Waals surface area contributed by atoms with E-state index in [1.54, 1.807) is 0 Å². The van der Waals surface area contributed by atoms with Crippen molar-refractivity contribution in [3.05, 3.63) is 186 Å². The molecule has 0 bridgehead atoms. The fraction of sp³-hybridized carbons (Fsp3) is 0.170. The SMILES string of the molecule is CCCCc1cccc(N(c2ccc(/C=C/c3ccc(/C=N/N(c4ccccc4)c4ccccc4)cc3)cc2)c2cccc(CCCC)c2)c1. The molecule has 0 fully saturated rings. The van der Waals surface area contributed by atoms with Crippen LogP contribution in [-0.2, 0) is 12.8 Å². The van der Waals surface area contributed by atoms with Crippen LogP contribution in [0.1, 0.15) is 67.3 Å². The predicted molar refractivity (Wildman–Crippen MR) is 216 cm³/mol. The molecule has 0 atom stereocenters. The summed E-state index contributed by atoms with van der Waals surface area (Å²) in [7, 11) is 0. The van der Waals surface area contributed by atoms with Gasteiger partial charge in [-0.2, -0.15) is 5.10 Å². The van der Waals surface area contributed by atoms with E-state index in [0.29, 0.717) is 0 Å². The summed E-state index contributed by atoms with van der Waals surface area (Å²) in [5.41, 5.74) is 11.7. The smallest absolute Gasteiger partial charge is 0.0652 e. The van der Waals surface area contributed by atoms with Crippen molar-refractivity contribution in [3.8, 4) is 0 Å². The van der Waals surface area contributed by atoms with E-state index in [2.05, 4.69) is 152 Å². The number of rotatable bonds is 15. The maximum Gasteiger partial charge on any atom is 0.0652 e. The summed E-state index contributed by atoms with van der Waals surface area (Å²) in [6.45, 7) is 4.51. The monoisotopic (exact) mass is 653 g/mol. The molecule has 0 radical (unpaired) electrons. The quantitative estimate of drug-likeness (QED) is 0.0624. The topological polar surface area (TPSA) is 18.8 Å². The zero-order chi connectivity index (χ0) is 34.4. The van der Waals surface area contributed by atoms with Gasteiger partial charge in [-0.3, -0.25) is 0 Å². The maximum absolute atomic E-state index is 4.85. The number of hydrogen-bond donors (Lipinski definition) is 0. The number of unbranched alkanes of at least 4 members (excludes halogenated alkanes) is 2. The second-order valence-electron chi connectivity index (χ2n) is 12.7. The van der Waals surface area contributed by atoms with Gasteiger partial charge in [0.05, 0.1) is 17.6 Å². The average molecular weight is 654 g/mol. The van der Waals surface area contributed by atoms with Crippen LogP contribution in [0.4, 0.5) is 28.4 Å². The van der Waals surface area contributed by atoms with E-state index in [4.69, 9.17) is 5.10 Å². The zero-order valence-corrected chi connectivity index (χ0v) is 29.3. The third-order valence-electron chi connectivity index (χ3n) is 8.86. The van der Waals surface area contributed by atoms with Gasteiger partial charge in [0.2, 0.25) is 0 Å². The molecule has 6 aromatic carbocycles. The second kappa shape index (κ2) is 17.6. The van der Waals surface area contributed by atoms with Crippen molar-refractivity contribution in [2.45, 2.75) is 52.4 Å². The van der Waals surface area contributed by atoms with Crippen LogP contribution in [0.3, 0.4) is 0 Å². The first kappa shape index (κ1) is 34.2. The highest BCUT2D eigenvalue weighted by Crippen LogP contribution is 2.36. The van der Waals surface area contributed by atoms with Gasteiger partial charge in [-0.05, 0) is 114 Å². The molecule has 3 nitrogen and oxygen atoms in total. The zero-order valence-electron chi connectivity index (χ0n) is 29.3. The van der Waals surface area contributed by atoms with E-state index in [-0.39, 0.29) is 0 Å². The lowest BCUT2D eigenvalue weighted by Gasteiger charge is -2.26. The molecule has 6 rings (SSSR count). The van der Waals surface area contributed by atoms with E-state index in [1.807, 2.05) is 47.6 Å². The van der Waals surface area contributed by atoms with E-state index in [1.165, 1.54) is 48.2 Å². The number of hydrazone groups is 1. The highest BCUT2D eigenvalue weighted by Gasteiger charge is 2.14. The summed E-state index contributed by atoms with van der Waals surface area (Å²) >= 11 is 0. The third kappa shape index (κ3) is 9.27. The molecule has 0 aliphatic heterocycles. The van der Waals surface area contributed by atoms with Crippen LogP contribution in [0.2, 0.25) is 0 Å². The van der Waals surface area contributed by atoms with Gasteiger partial charge in [0.25, 0.3) is 0 Å². The molecule has 0 aliphatic rings. The number of hydrogen-bond acceptors (Lipinski definition) is 3. The molecule has 0 heterocycles. The van der Waals surface area contributed by atoms with Crippen LogP contribution in [0.25, 0.3) is 12.2 Å². The average Bonchev–Trinajstić information content (AvgIpc) is 3.18. The van der Waals surface area contributed by atoms with Crippen LogP contribution in [0, 0.1) is 0 Å². The molecule has 0 N–H and O–H groups in total. The molecule has 250 valence electrons. The molecular formula is C47H47N3. The molecule has 0 aromatic heterocycles. The molecule has 0 unspecified atom stereocenters. The van der Waals surface area contributed by atoms with Gasteiger partial charge in [-0.25, -0.2) is 5.01 Å². The lowest BCUT2D eigenvalue weighted by atomic mass is 10.0. The first-order valence-corrected chi connectivity index (χ1v) is 18.0. The molecule has 50 heavy (non-hydrogen) atoms. The molecule has 0 amide bonds. The molecule has 0 aliphatic carbocycles. The highest BCUT2D eigenvalue weighted by atomic mass is 15.5. The van der Waals surface area contributed by atoms with Crippen molar-refractivity contribution < 1.29 is 0 Å². The summed E-state index contributed by atoms with van der Waals surface area (Å²) < 4.78 is 0. The van der Waals surface area contributed by atoms with Crippen molar-refractivity contribution in [1.82, 2.24) is 0 Å². The molecule has 0 spiro atoms. The van der Waals surface area contributed by atoms with Crippen molar-refractivity contribution >= 4 is 46.8 Å². The predicted octanol–water partition coefficient (Wildman–Crippen LogP) is 13.2. The van der Waals surface area contributed by atoms with Crippen molar-refractivity contribution in [1.29, 1.82) is 0 Å². The lowest BCUT2D eigenvalue weighted by molar-refractivity contribution is 0.794. The standard InChI is InChI=1S/C47H47N3/c1-3-5-15-40-17-13-23-46(35-40)49(47-24-14-18-41(36-47)16-6-4-2)43-33-31-39(32-34-43)26-25-38-27-29-42(30-28-38)37-48-50(44-19-9-7-10-20-44)45-21-11-8-12-22-45/h7-14,17-37H,3-6,15-16H2,1-2H3/b26-25+,48-37+. The van der Waals surface area contributed by atoms with Crippen LogP contribution >= 0.6 is 0 Å².